The maximum absolute atomic E-state index is 12.8. The van der Waals surface area contributed by atoms with E-state index in [0.29, 0.717) is 0 Å². The van der Waals surface area contributed by atoms with Gasteiger partial charge in [0, 0.05) is 6.42 Å². The molecule has 10 heavy (non-hydrogen) atoms. The summed E-state index contributed by atoms with van der Waals surface area (Å²) in [5, 5.41) is 8.58. The van der Waals surface area contributed by atoms with Gasteiger partial charge in [-0.3, -0.25) is 0 Å². The minimum Gasteiger partial charge on any atom is -0.396 e. The van der Waals surface area contributed by atoms with E-state index in [1.165, 1.54) is 20.8 Å². The Morgan fingerprint density at radius 1 is 1.30 bits per heavy atom. The number of hydrogen-bond donors (Lipinski definition) is 1. The molecule has 0 atom stereocenters. The fourth-order valence-corrected chi connectivity index (χ4v) is 0.594. The monoisotopic (exact) mass is 152 g/mol. The highest BCUT2D eigenvalue weighted by Crippen LogP contribution is 2.37. The third kappa shape index (κ3) is 1.66. The van der Waals surface area contributed by atoms with Crippen molar-refractivity contribution in [2.24, 2.45) is 5.41 Å². The Balaban J connectivity index is 4.28. The number of alkyl halides is 2. The predicted molar refractivity (Wildman–Crippen MR) is 36.1 cm³/mol. The molecule has 0 spiro atoms. The van der Waals surface area contributed by atoms with Crippen molar-refractivity contribution >= 4 is 0 Å². The van der Waals surface area contributed by atoms with Crippen molar-refractivity contribution in [1.82, 2.24) is 0 Å². The van der Waals surface area contributed by atoms with Gasteiger partial charge in [-0.15, -0.1) is 0 Å². The summed E-state index contributed by atoms with van der Waals surface area (Å²) in [5.41, 5.74) is -1.29. The van der Waals surface area contributed by atoms with Gasteiger partial charge >= 0.3 is 0 Å². The summed E-state index contributed by atoms with van der Waals surface area (Å²) in [4.78, 5) is 0. The van der Waals surface area contributed by atoms with Crippen molar-refractivity contribution in [3.8, 4) is 0 Å². The largest absolute Gasteiger partial charge is 0.396 e. The van der Waals surface area contributed by atoms with Crippen LogP contribution >= 0.6 is 0 Å². The number of aliphatic hydroxyl groups excluding tert-OH is 1. The number of aliphatic hydroxyl groups is 1. The van der Waals surface area contributed by atoms with Crippen LogP contribution < -0.4 is 0 Å². The van der Waals surface area contributed by atoms with Gasteiger partial charge in [-0.05, 0) is 0 Å². The van der Waals surface area contributed by atoms with Crippen LogP contribution in [0.5, 0.6) is 0 Å². The van der Waals surface area contributed by atoms with Gasteiger partial charge in [-0.1, -0.05) is 20.8 Å². The summed E-state index contributed by atoms with van der Waals surface area (Å²) in [5.74, 6) is -2.76. The molecule has 1 N–H and O–H groups in total. The fraction of sp³-hybridized carbons (Fsp3) is 1.00. The lowest BCUT2D eigenvalue weighted by Crippen LogP contribution is -2.38. The second-order valence-electron chi connectivity index (χ2n) is 3.10. The molecule has 0 rings (SSSR count). The average Bonchev–Trinajstić information content (AvgIpc) is 1.88. The second-order valence-corrected chi connectivity index (χ2v) is 3.10. The van der Waals surface area contributed by atoms with Crippen LogP contribution in [0.2, 0.25) is 0 Å². The number of halogens is 2. The molecule has 0 aliphatic rings. The Labute approximate surface area is 60.1 Å². The lowest BCUT2D eigenvalue weighted by molar-refractivity contribution is -0.127. The van der Waals surface area contributed by atoms with Gasteiger partial charge in [0.1, 0.15) is 0 Å². The summed E-state index contributed by atoms with van der Waals surface area (Å²) in [6.45, 7) is 3.65. The molecule has 0 bridgehead atoms. The van der Waals surface area contributed by atoms with E-state index in [4.69, 9.17) is 5.11 Å². The maximum Gasteiger partial charge on any atom is 0.255 e. The average molecular weight is 152 g/mol. The van der Waals surface area contributed by atoms with Crippen molar-refractivity contribution in [3.05, 3.63) is 0 Å². The van der Waals surface area contributed by atoms with Crippen molar-refractivity contribution < 1.29 is 13.9 Å². The highest BCUT2D eigenvalue weighted by atomic mass is 19.3. The number of rotatable bonds is 3. The molecule has 0 saturated heterocycles. The molecule has 0 amide bonds. The molecule has 0 aliphatic carbocycles. The SMILES string of the molecule is CCC(F)(F)C(C)(C)CO. The Hall–Kier alpha value is -0.180. The van der Waals surface area contributed by atoms with Crippen LogP contribution in [0.4, 0.5) is 8.78 Å². The maximum atomic E-state index is 12.8. The van der Waals surface area contributed by atoms with E-state index in [9.17, 15) is 8.78 Å². The zero-order valence-corrected chi connectivity index (χ0v) is 6.62. The Morgan fingerprint density at radius 3 is 1.80 bits per heavy atom. The lowest BCUT2D eigenvalue weighted by atomic mass is 9.85. The van der Waals surface area contributed by atoms with Crippen LogP contribution in [0.1, 0.15) is 27.2 Å². The van der Waals surface area contributed by atoms with Crippen LogP contribution in [0, 0.1) is 5.41 Å². The van der Waals surface area contributed by atoms with E-state index in [1.807, 2.05) is 0 Å². The standard InChI is InChI=1S/C7H14F2O/c1-4-7(8,9)6(2,3)5-10/h10H,4-5H2,1-3H3. The van der Waals surface area contributed by atoms with E-state index in [1.54, 1.807) is 0 Å². The van der Waals surface area contributed by atoms with Gasteiger partial charge in [0.05, 0.1) is 12.0 Å². The first kappa shape index (κ1) is 9.82. The summed E-state index contributed by atoms with van der Waals surface area (Å²) < 4.78 is 25.5. The van der Waals surface area contributed by atoms with Gasteiger partial charge < -0.3 is 5.11 Å². The van der Waals surface area contributed by atoms with E-state index in [-0.39, 0.29) is 6.42 Å². The second kappa shape index (κ2) is 2.82. The lowest BCUT2D eigenvalue weighted by Gasteiger charge is -2.31. The van der Waals surface area contributed by atoms with Crippen LogP contribution in [-0.4, -0.2) is 17.6 Å². The van der Waals surface area contributed by atoms with Crippen LogP contribution in [0.15, 0.2) is 0 Å². The molecule has 0 saturated carbocycles. The van der Waals surface area contributed by atoms with E-state index < -0.39 is 17.9 Å². The Bertz CT molecular complexity index is 96.2. The molecule has 0 unspecified atom stereocenters. The molecule has 1 nitrogen and oxygen atoms in total. The minimum atomic E-state index is -2.76. The van der Waals surface area contributed by atoms with Gasteiger partial charge in [-0.25, -0.2) is 8.78 Å². The molecule has 0 heterocycles. The van der Waals surface area contributed by atoms with Crippen LogP contribution in [0.3, 0.4) is 0 Å². The summed E-state index contributed by atoms with van der Waals surface area (Å²) >= 11 is 0. The van der Waals surface area contributed by atoms with E-state index >= 15 is 0 Å². The quantitative estimate of drug-likeness (QED) is 0.656. The highest BCUT2D eigenvalue weighted by molar-refractivity contribution is 4.83. The predicted octanol–water partition coefficient (Wildman–Crippen LogP) is 2.05. The third-order valence-electron chi connectivity index (χ3n) is 1.83. The van der Waals surface area contributed by atoms with Crippen LogP contribution in [0.25, 0.3) is 0 Å². The van der Waals surface area contributed by atoms with Crippen LogP contribution in [-0.2, 0) is 0 Å². The zero-order chi connectivity index (χ0) is 8.41. The first-order valence-electron chi connectivity index (χ1n) is 3.36. The molecule has 0 aromatic rings. The summed E-state index contributed by atoms with van der Waals surface area (Å²) in [6.07, 6.45) is -0.222. The van der Waals surface area contributed by atoms with Gasteiger partial charge in [0.25, 0.3) is 5.92 Å². The topological polar surface area (TPSA) is 20.2 Å². The molecule has 0 radical (unpaired) electrons. The van der Waals surface area contributed by atoms with Crippen molar-refractivity contribution in [3.63, 3.8) is 0 Å². The molecule has 0 aromatic heterocycles. The Morgan fingerprint density at radius 2 is 1.70 bits per heavy atom. The fourth-order valence-electron chi connectivity index (χ4n) is 0.594. The van der Waals surface area contributed by atoms with E-state index in [0.717, 1.165) is 0 Å². The normalized spacial score (nSPS) is 13.8. The number of hydrogen-bond acceptors (Lipinski definition) is 1. The van der Waals surface area contributed by atoms with Crippen molar-refractivity contribution in [2.75, 3.05) is 6.61 Å². The molecule has 0 aromatic carbocycles. The third-order valence-corrected chi connectivity index (χ3v) is 1.83. The van der Waals surface area contributed by atoms with Gasteiger partial charge in [-0.2, -0.15) is 0 Å². The minimum absolute atomic E-state index is 0.222. The molecule has 3 heteroatoms. The summed E-state index contributed by atoms with van der Waals surface area (Å²) in [7, 11) is 0. The molecule has 62 valence electrons. The van der Waals surface area contributed by atoms with Gasteiger partial charge in [0.2, 0.25) is 0 Å². The summed E-state index contributed by atoms with van der Waals surface area (Å²) in [6, 6.07) is 0. The Kier molecular flexibility index (Phi) is 2.77. The first-order chi connectivity index (χ1) is 4.37. The highest BCUT2D eigenvalue weighted by Gasteiger charge is 2.44. The molecular weight excluding hydrogens is 138 g/mol. The van der Waals surface area contributed by atoms with E-state index in [2.05, 4.69) is 0 Å². The van der Waals surface area contributed by atoms with Gasteiger partial charge in [0.15, 0.2) is 0 Å². The molecular formula is C7H14F2O. The van der Waals surface area contributed by atoms with Crippen molar-refractivity contribution in [2.45, 2.75) is 33.1 Å². The first-order valence-corrected chi connectivity index (χ1v) is 3.36. The molecule has 0 fully saturated rings. The molecule has 0 aliphatic heterocycles. The zero-order valence-electron chi connectivity index (χ0n) is 6.62. The smallest absolute Gasteiger partial charge is 0.255 e. The van der Waals surface area contributed by atoms with Crippen molar-refractivity contribution in [1.29, 1.82) is 0 Å².